The molecule has 0 bridgehead atoms. The molecule has 4 aromatic rings. The van der Waals surface area contributed by atoms with Crippen LogP contribution in [0.15, 0.2) is 76.7 Å². The summed E-state index contributed by atoms with van der Waals surface area (Å²) in [7, 11) is 1.61. The van der Waals surface area contributed by atoms with Crippen LogP contribution in [0.4, 0.5) is 5.69 Å². The highest BCUT2D eigenvalue weighted by Gasteiger charge is 2.31. The number of aromatic nitrogens is 2. The number of benzene rings is 3. The zero-order chi connectivity index (χ0) is 23.1. The fourth-order valence-electron chi connectivity index (χ4n) is 3.89. The summed E-state index contributed by atoms with van der Waals surface area (Å²) >= 11 is 1.12. The number of hydrogen-bond donors (Lipinski definition) is 1. The zero-order valence-corrected chi connectivity index (χ0v) is 18.3. The van der Waals surface area contributed by atoms with Crippen LogP contribution in [0.2, 0.25) is 0 Å². The minimum atomic E-state index is -0.380. The first-order valence-corrected chi connectivity index (χ1v) is 11.1. The summed E-state index contributed by atoms with van der Waals surface area (Å²) in [4.78, 5) is 55.7. The number of hydrogen-bond acceptors (Lipinski definition) is 6. The highest BCUT2D eigenvalue weighted by atomic mass is 32.2. The summed E-state index contributed by atoms with van der Waals surface area (Å²) < 4.78 is 1.41. The Morgan fingerprint density at radius 2 is 1.55 bits per heavy atom. The minimum Gasteiger partial charge on any atom is -0.325 e. The molecule has 1 amide bonds. The van der Waals surface area contributed by atoms with E-state index in [0.29, 0.717) is 27.2 Å². The van der Waals surface area contributed by atoms with Crippen LogP contribution in [-0.2, 0) is 11.8 Å². The van der Waals surface area contributed by atoms with Crippen LogP contribution in [0.1, 0.15) is 31.8 Å². The van der Waals surface area contributed by atoms with Crippen molar-refractivity contribution in [2.24, 2.45) is 7.05 Å². The number of thioether (sulfide) groups is 1. The molecule has 1 aliphatic carbocycles. The SMILES string of the molecule is Cn1c(SCC(=O)Nc2cccc3c2C(=O)c2ccccc2C3=O)nc2ccccc2c1=O. The van der Waals surface area contributed by atoms with Gasteiger partial charge in [-0.3, -0.25) is 23.7 Å². The van der Waals surface area contributed by atoms with E-state index in [1.807, 2.05) is 0 Å². The molecule has 0 spiro atoms. The fraction of sp³-hybridized carbons (Fsp3) is 0.0800. The molecule has 0 radical (unpaired) electrons. The number of fused-ring (bicyclic) bond motifs is 3. The number of nitrogens with one attached hydrogen (secondary N) is 1. The lowest BCUT2D eigenvalue weighted by Gasteiger charge is -2.20. The molecule has 33 heavy (non-hydrogen) atoms. The molecule has 0 fully saturated rings. The van der Waals surface area contributed by atoms with E-state index in [0.717, 1.165) is 11.8 Å². The standard InChI is InChI=1S/C25H17N3O4S/c1-28-24(32)16-9-4-5-11-18(16)27-25(28)33-13-20(29)26-19-12-6-10-17-21(19)23(31)15-8-3-2-7-14(15)22(17)30/h2-12H,13H2,1H3,(H,26,29). The van der Waals surface area contributed by atoms with E-state index in [9.17, 15) is 19.2 Å². The van der Waals surface area contributed by atoms with Gasteiger partial charge in [0.25, 0.3) is 5.56 Å². The fourth-order valence-corrected chi connectivity index (χ4v) is 4.66. The van der Waals surface area contributed by atoms with Gasteiger partial charge in [-0.05, 0) is 18.2 Å². The third-order valence-electron chi connectivity index (χ3n) is 5.50. The molecule has 8 heteroatoms. The molecule has 0 atom stereocenters. The van der Waals surface area contributed by atoms with Crippen molar-refractivity contribution in [3.63, 3.8) is 0 Å². The van der Waals surface area contributed by atoms with Gasteiger partial charge >= 0.3 is 0 Å². The molecule has 0 saturated heterocycles. The second-order valence-corrected chi connectivity index (χ2v) is 8.49. The van der Waals surface area contributed by atoms with Crippen molar-refractivity contribution in [2.45, 2.75) is 5.16 Å². The Morgan fingerprint density at radius 3 is 2.33 bits per heavy atom. The third-order valence-corrected chi connectivity index (χ3v) is 6.53. The van der Waals surface area contributed by atoms with E-state index in [1.165, 1.54) is 4.57 Å². The van der Waals surface area contributed by atoms with Crippen molar-refractivity contribution >= 4 is 45.8 Å². The Hall–Kier alpha value is -4.04. The second kappa shape index (κ2) is 8.14. The zero-order valence-electron chi connectivity index (χ0n) is 17.5. The van der Waals surface area contributed by atoms with Gasteiger partial charge in [0.1, 0.15) is 0 Å². The summed E-state index contributed by atoms with van der Waals surface area (Å²) in [6.07, 6.45) is 0. The van der Waals surface area contributed by atoms with Crippen LogP contribution in [0.5, 0.6) is 0 Å². The monoisotopic (exact) mass is 455 g/mol. The van der Waals surface area contributed by atoms with Crippen LogP contribution < -0.4 is 10.9 Å². The van der Waals surface area contributed by atoms with Gasteiger partial charge in [-0.25, -0.2) is 4.98 Å². The molecule has 7 nitrogen and oxygen atoms in total. The molecule has 0 aliphatic heterocycles. The van der Waals surface area contributed by atoms with Crippen LogP contribution in [0.25, 0.3) is 10.9 Å². The highest BCUT2D eigenvalue weighted by Crippen LogP contribution is 2.32. The summed E-state index contributed by atoms with van der Waals surface area (Å²) in [5.41, 5.74) is 1.79. The lowest BCUT2D eigenvalue weighted by atomic mass is 9.83. The molecule has 1 heterocycles. The summed E-state index contributed by atoms with van der Waals surface area (Å²) in [5.74, 6) is -0.959. The summed E-state index contributed by atoms with van der Waals surface area (Å²) in [5, 5.41) is 3.66. The normalized spacial score (nSPS) is 12.4. The van der Waals surface area contributed by atoms with Gasteiger partial charge in [-0.1, -0.05) is 60.3 Å². The molecule has 1 N–H and O–H groups in total. The Labute approximate surface area is 192 Å². The predicted molar refractivity (Wildman–Crippen MR) is 126 cm³/mol. The van der Waals surface area contributed by atoms with E-state index in [1.54, 1.807) is 73.8 Å². The number of carbonyl (C=O) groups is 3. The van der Waals surface area contributed by atoms with Gasteiger partial charge < -0.3 is 5.32 Å². The van der Waals surface area contributed by atoms with Gasteiger partial charge in [-0.15, -0.1) is 0 Å². The molecule has 1 aromatic heterocycles. The number of carbonyl (C=O) groups excluding carboxylic acids is 3. The Morgan fingerprint density at radius 1 is 0.879 bits per heavy atom. The number of nitrogens with zero attached hydrogens (tertiary/aromatic N) is 2. The van der Waals surface area contributed by atoms with Gasteiger partial charge in [0.2, 0.25) is 5.91 Å². The lowest BCUT2D eigenvalue weighted by molar-refractivity contribution is -0.113. The van der Waals surface area contributed by atoms with Gasteiger partial charge in [0, 0.05) is 23.7 Å². The third kappa shape index (κ3) is 3.54. The highest BCUT2D eigenvalue weighted by molar-refractivity contribution is 7.99. The number of amides is 1. The molecule has 0 unspecified atom stereocenters. The van der Waals surface area contributed by atoms with Crippen LogP contribution >= 0.6 is 11.8 Å². The Balaban J connectivity index is 1.40. The average Bonchev–Trinajstić information content (AvgIpc) is 2.84. The maximum Gasteiger partial charge on any atom is 0.261 e. The number of rotatable bonds is 4. The van der Waals surface area contributed by atoms with Crippen LogP contribution in [-0.4, -0.2) is 32.8 Å². The Bertz CT molecular complexity index is 1540. The van der Waals surface area contributed by atoms with Crippen LogP contribution in [0.3, 0.4) is 0 Å². The van der Waals surface area contributed by atoms with Crippen molar-refractivity contribution in [1.82, 2.24) is 9.55 Å². The molecule has 0 saturated carbocycles. The Kier molecular flexibility index (Phi) is 5.14. The van der Waals surface area contributed by atoms with Crippen molar-refractivity contribution in [3.05, 3.63) is 99.3 Å². The molecule has 1 aliphatic rings. The predicted octanol–water partition coefficient (Wildman–Crippen LogP) is 3.44. The minimum absolute atomic E-state index is 0.0268. The van der Waals surface area contributed by atoms with E-state index in [2.05, 4.69) is 10.3 Å². The van der Waals surface area contributed by atoms with Crippen molar-refractivity contribution in [1.29, 1.82) is 0 Å². The van der Waals surface area contributed by atoms with Gasteiger partial charge in [0.05, 0.1) is 27.9 Å². The first-order chi connectivity index (χ1) is 16.0. The first kappa shape index (κ1) is 20.8. The number of anilines is 1. The molecule has 162 valence electrons. The van der Waals surface area contributed by atoms with E-state index < -0.39 is 0 Å². The summed E-state index contributed by atoms with van der Waals surface area (Å²) in [6, 6.07) is 18.5. The molecular weight excluding hydrogens is 438 g/mol. The second-order valence-electron chi connectivity index (χ2n) is 7.54. The topological polar surface area (TPSA) is 98.1 Å². The van der Waals surface area contributed by atoms with Crippen LogP contribution in [0, 0.1) is 0 Å². The quantitative estimate of drug-likeness (QED) is 0.329. The van der Waals surface area contributed by atoms with Gasteiger partial charge in [0.15, 0.2) is 16.7 Å². The average molecular weight is 455 g/mol. The van der Waals surface area contributed by atoms with Crippen molar-refractivity contribution in [3.8, 4) is 0 Å². The number of para-hydroxylation sites is 1. The van der Waals surface area contributed by atoms with E-state index in [4.69, 9.17) is 0 Å². The largest absolute Gasteiger partial charge is 0.325 e. The van der Waals surface area contributed by atoms with Gasteiger partial charge in [-0.2, -0.15) is 0 Å². The molecular formula is C25H17N3O4S. The molecule has 3 aromatic carbocycles. The maximum absolute atomic E-state index is 13.1. The molecule has 5 rings (SSSR count). The maximum atomic E-state index is 13.1. The lowest BCUT2D eigenvalue weighted by Crippen LogP contribution is -2.25. The smallest absolute Gasteiger partial charge is 0.261 e. The summed E-state index contributed by atoms with van der Waals surface area (Å²) in [6.45, 7) is 0. The first-order valence-electron chi connectivity index (χ1n) is 10.2. The number of ketones is 2. The van der Waals surface area contributed by atoms with Crippen molar-refractivity contribution in [2.75, 3.05) is 11.1 Å². The van der Waals surface area contributed by atoms with Crippen molar-refractivity contribution < 1.29 is 14.4 Å². The van der Waals surface area contributed by atoms with E-state index >= 15 is 0 Å². The van der Waals surface area contributed by atoms with E-state index in [-0.39, 0.29) is 45.6 Å².